The fraction of sp³-hybridized carbons (Fsp3) is 0.222. The monoisotopic (exact) mass is 396 g/mol. The normalized spacial score (nSPS) is 11.7. The van der Waals surface area contributed by atoms with Crippen molar-refractivity contribution in [3.63, 3.8) is 0 Å². The summed E-state index contributed by atoms with van der Waals surface area (Å²) in [7, 11) is 0. The van der Waals surface area contributed by atoms with Crippen molar-refractivity contribution in [1.82, 2.24) is 10.6 Å². The lowest BCUT2D eigenvalue weighted by Crippen LogP contribution is -2.45. The van der Waals surface area contributed by atoms with Crippen LogP contribution in [0.4, 0.5) is 0 Å². The van der Waals surface area contributed by atoms with Crippen molar-refractivity contribution in [3.8, 4) is 11.5 Å². The van der Waals surface area contributed by atoms with Crippen molar-refractivity contribution in [2.24, 2.45) is 0 Å². The number of benzene rings is 2. The summed E-state index contributed by atoms with van der Waals surface area (Å²) in [6.45, 7) is 1.86. The number of rotatable bonds is 6. The first-order chi connectivity index (χ1) is 12.3. The molecule has 0 aliphatic carbocycles. The van der Waals surface area contributed by atoms with Gasteiger partial charge in [-0.2, -0.15) is 0 Å². The van der Waals surface area contributed by atoms with E-state index < -0.39 is 11.9 Å². The minimum absolute atomic E-state index is 0.131. The number of halogens is 2. The van der Waals surface area contributed by atoms with Gasteiger partial charge in [-0.1, -0.05) is 35.3 Å². The van der Waals surface area contributed by atoms with Gasteiger partial charge in [-0.15, -0.1) is 0 Å². The molecule has 0 fully saturated rings. The Morgan fingerprint density at radius 1 is 1.12 bits per heavy atom. The van der Waals surface area contributed by atoms with Crippen molar-refractivity contribution in [3.05, 3.63) is 57.6 Å². The number of carbonyl (C=O) groups is 2. The third-order valence-electron chi connectivity index (χ3n) is 3.69. The largest absolute Gasteiger partial charge is 0.504 e. The highest BCUT2D eigenvalue weighted by atomic mass is 35.5. The molecule has 2 amide bonds. The minimum atomic E-state index is -0.772. The van der Waals surface area contributed by atoms with E-state index in [1.165, 1.54) is 18.2 Å². The van der Waals surface area contributed by atoms with Gasteiger partial charge in [-0.25, -0.2) is 0 Å². The maximum atomic E-state index is 12.2. The molecule has 2 aromatic rings. The lowest BCUT2D eigenvalue weighted by atomic mass is 10.1. The topological polar surface area (TPSA) is 98.7 Å². The third kappa shape index (κ3) is 5.03. The lowest BCUT2D eigenvalue weighted by molar-refractivity contribution is -0.122. The number of phenols is 2. The van der Waals surface area contributed by atoms with Crippen LogP contribution in [0.25, 0.3) is 0 Å². The highest BCUT2D eigenvalue weighted by Crippen LogP contribution is 2.26. The zero-order chi connectivity index (χ0) is 19.3. The van der Waals surface area contributed by atoms with Gasteiger partial charge in [-0.3, -0.25) is 9.59 Å². The molecule has 0 heterocycles. The summed E-state index contributed by atoms with van der Waals surface area (Å²) in [5.74, 6) is -1.27. The van der Waals surface area contributed by atoms with Gasteiger partial charge in [0.1, 0.15) is 6.04 Å². The number of hydrogen-bond donors (Lipinski definition) is 4. The fourth-order valence-electron chi connectivity index (χ4n) is 2.23. The quantitative estimate of drug-likeness (QED) is 0.564. The van der Waals surface area contributed by atoms with E-state index in [1.807, 2.05) is 0 Å². The summed E-state index contributed by atoms with van der Waals surface area (Å²) in [5, 5.41) is 24.4. The number of phenolic OH excluding ortho intramolecular Hbond substituents is 2. The summed E-state index contributed by atoms with van der Waals surface area (Å²) in [5.41, 5.74) is 0.946. The maximum absolute atomic E-state index is 12.2. The molecule has 0 bridgehead atoms. The van der Waals surface area contributed by atoms with Gasteiger partial charge in [0.05, 0.1) is 15.6 Å². The fourth-order valence-corrected chi connectivity index (χ4v) is 2.61. The molecular formula is C18H18Cl2N2O4. The van der Waals surface area contributed by atoms with Gasteiger partial charge in [0.15, 0.2) is 11.5 Å². The molecule has 1 unspecified atom stereocenters. The van der Waals surface area contributed by atoms with E-state index in [4.69, 9.17) is 23.2 Å². The molecule has 6 nitrogen and oxygen atoms in total. The molecule has 0 saturated carbocycles. The van der Waals surface area contributed by atoms with Crippen LogP contribution in [0.3, 0.4) is 0 Å². The van der Waals surface area contributed by atoms with Crippen molar-refractivity contribution >= 4 is 35.0 Å². The van der Waals surface area contributed by atoms with Crippen LogP contribution in [0.5, 0.6) is 11.5 Å². The second kappa shape index (κ2) is 8.78. The van der Waals surface area contributed by atoms with E-state index in [9.17, 15) is 19.8 Å². The van der Waals surface area contributed by atoms with Gasteiger partial charge in [0.2, 0.25) is 5.91 Å². The van der Waals surface area contributed by atoms with Gasteiger partial charge in [-0.05, 0) is 43.2 Å². The number of nitrogens with one attached hydrogen (secondary N) is 2. The van der Waals surface area contributed by atoms with Gasteiger partial charge < -0.3 is 20.8 Å². The smallest absolute Gasteiger partial charge is 0.253 e. The average molecular weight is 397 g/mol. The van der Waals surface area contributed by atoms with Crippen LogP contribution in [0.1, 0.15) is 22.8 Å². The predicted octanol–water partition coefficient (Wildman–Crippen LogP) is 2.88. The first-order valence-corrected chi connectivity index (χ1v) is 8.58. The van der Waals surface area contributed by atoms with E-state index in [0.717, 1.165) is 5.56 Å². The average Bonchev–Trinajstić information content (AvgIpc) is 2.60. The number of hydrogen-bond acceptors (Lipinski definition) is 4. The molecule has 0 aliphatic heterocycles. The predicted molar refractivity (Wildman–Crippen MR) is 99.9 cm³/mol. The summed E-state index contributed by atoms with van der Waals surface area (Å²) in [6, 6.07) is 8.36. The van der Waals surface area contributed by atoms with Gasteiger partial charge >= 0.3 is 0 Å². The second-order valence-electron chi connectivity index (χ2n) is 5.66. The van der Waals surface area contributed by atoms with Crippen LogP contribution in [0.2, 0.25) is 10.0 Å². The van der Waals surface area contributed by atoms with Crippen molar-refractivity contribution < 1.29 is 19.8 Å². The molecule has 0 aromatic heterocycles. The Morgan fingerprint density at radius 3 is 2.54 bits per heavy atom. The Kier molecular flexibility index (Phi) is 6.71. The molecule has 0 radical (unpaired) electrons. The molecular weight excluding hydrogens is 379 g/mol. The molecule has 4 N–H and O–H groups in total. The number of amides is 2. The summed E-state index contributed by atoms with van der Waals surface area (Å²) in [4.78, 5) is 24.3. The van der Waals surface area contributed by atoms with Crippen LogP contribution in [0, 0.1) is 0 Å². The first kappa shape index (κ1) is 19.9. The lowest BCUT2D eigenvalue weighted by Gasteiger charge is -2.15. The Balaban J connectivity index is 1.86. The van der Waals surface area contributed by atoms with Crippen molar-refractivity contribution in [1.29, 1.82) is 0 Å². The molecule has 8 heteroatoms. The molecule has 2 rings (SSSR count). The second-order valence-corrected chi connectivity index (χ2v) is 6.45. The van der Waals surface area contributed by atoms with E-state index in [2.05, 4.69) is 10.6 Å². The first-order valence-electron chi connectivity index (χ1n) is 7.83. The standard InChI is InChI=1S/C18H18Cl2N2O4/c1-10(22-18(26)12-3-2-4-13(19)16(12)20)17(25)21-8-7-11-5-6-14(23)15(24)9-11/h2-6,9-10,23-24H,7-8H2,1H3,(H,21,25)(H,22,26). The molecule has 0 aliphatic rings. The summed E-state index contributed by atoms with van der Waals surface area (Å²) < 4.78 is 0. The molecule has 0 saturated heterocycles. The zero-order valence-electron chi connectivity index (χ0n) is 13.9. The maximum Gasteiger partial charge on any atom is 0.253 e. The van der Waals surface area contributed by atoms with E-state index in [0.29, 0.717) is 13.0 Å². The Morgan fingerprint density at radius 2 is 1.85 bits per heavy atom. The van der Waals surface area contributed by atoms with Crippen LogP contribution in [-0.4, -0.2) is 34.6 Å². The van der Waals surface area contributed by atoms with Crippen LogP contribution in [-0.2, 0) is 11.2 Å². The van der Waals surface area contributed by atoms with Gasteiger partial charge in [0, 0.05) is 6.54 Å². The number of carbonyl (C=O) groups excluding carboxylic acids is 2. The highest BCUT2D eigenvalue weighted by Gasteiger charge is 2.18. The zero-order valence-corrected chi connectivity index (χ0v) is 15.4. The van der Waals surface area contributed by atoms with E-state index in [1.54, 1.807) is 25.1 Å². The third-order valence-corrected chi connectivity index (χ3v) is 4.51. The molecule has 0 spiro atoms. The van der Waals surface area contributed by atoms with E-state index >= 15 is 0 Å². The molecule has 1 atom stereocenters. The molecule has 26 heavy (non-hydrogen) atoms. The Labute approximate surface area is 160 Å². The SMILES string of the molecule is CC(NC(=O)c1cccc(Cl)c1Cl)C(=O)NCCc1ccc(O)c(O)c1. The van der Waals surface area contributed by atoms with Crippen LogP contribution >= 0.6 is 23.2 Å². The summed E-state index contributed by atoms with van der Waals surface area (Å²) >= 11 is 11.9. The van der Waals surface area contributed by atoms with Crippen LogP contribution in [0.15, 0.2) is 36.4 Å². The molecule has 2 aromatic carbocycles. The Hall–Kier alpha value is -2.44. The van der Waals surface area contributed by atoms with E-state index in [-0.39, 0.29) is 33.0 Å². The van der Waals surface area contributed by atoms with Crippen molar-refractivity contribution in [2.45, 2.75) is 19.4 Å². The van der Waals surface area contributed by atoms with Crippen molar-refractivity contribution in [2.75, 3.05) is 6.54 Å². The minimum Gasteiger partial charge on any atom is -0.504 e. The molecule has 138 valence electrons. The van der Waals surface area contributed by atoms with Gasteiger partial charge in [0.25, 0.3) is 5.91 Å². The number of aromatic hydroxyl groups is 2. The summed E-state index contributed by atoms with van der Waals surface area (Å²) in [6.07, 6.45) is 0.459. The van der Waals surface area contributed by atoms with Crippen LogP contribution < -0.4 is 10.6 Å². The Bertz CT molecular complexity index is 827. The highest BCUT2D eigenvalue weighted by molar-refractivity contribution is 6.43.